The summed E-state index contributed by atoms with van der Waals surface area (Å²) in [4.78, 5) is 23.2. The van der Waals surface area contributed by atoms with Crippen LogP contribution in [0, 0.1) is 0 Å². The van der Waals surface area contributed by atoms with E-state index in [4.69, 9.17) is 4.74 Å². The Morgan fingerprint density at radius 3 is 2.33 bits per heavy atom. The van der Waals surface area contributed by atoms with Crippen molar-refractivity contribution >= 4 is 23.2 Å². The van der Waals surface area contributed by atoms with Crippen LogP contribution in [0.4, 0.5) is 11.4 Å². The van der Waals surface area contributed by atoms with Gasteiger partial charge in [-0.1, -0.05) is 6.92 Å². The molecule has 3 N–H and O–H groups in total. The summed E-state index contributed by atoms with van der Waals surface area (Å²) >= 11 is 0. The van der Waals surface area contributed by atoms with Crippen molar-refractivity contribution in [3.8, 4) is 0 Å². The number of morpholine rings is 1. The summed E-state index contributed by atoms with van der Waals surface area (Å²) in [5, 5.41) is 8.84. The Balaban J connectivity index is 1.81. The molecule has 2 amide bonds. The van der Waals surface area contributed by atoms with Crippen LogP contribution in [0.5, 0.6) is 0 Å². The second-order valence-corrected chi connectivity index (χ2v) is 4.96. The molecule has 0 bridgehead atoms. The van der Waals surface area contributed by atoms with E-state index in [1.54, 1.807) is 31.2 Å². The van der Waals surface area contributed by atoms with Crippen LogP contribution in [0.2, 0.25) is 0 Å². The molecule has 1 aromatic rings. The molecule has 1 atom stereocenters. The lowest BCUT2D eigenvalue weighted by Crippen LogP contribution is -2.43. The molecule has 2 rings (SSSR count). The van der Waals surface area contributed by atoms with Crippen LogP contribution in [0.1, 0.15) is 19.8 Å². The third-order valence-corrected chi connectivity index (χ3v) is 3.20. The summed E-state index contributed by atoms with van der Waals surface area (Å²) in [5.74, 6) is -0.0847. The van der Waals surface area contributed by atoms with E-state index in [0.29, 0.717) is 31.7 Å². The van der Waals surface area contributed by atoms with E-state index in [0.717, 1.165) is 12.2 Å². The van der Waals surface area contributed by atoms with Gasteiger partial charge in [-0.2, -0.15) is 0 Å². The SMILES string of the molecule is CCC(=O)Nc1ccc(NC(=O)CC2COCCN2)cc1. The number of carbonyl (C=O) groups is 2. The molecule has 21 heavy (non-hydrogen) atoms. The van der Waals surface area contributed by atoms with E-state index in [1.807, 2.05) is 0 Å². The van der Waals surface area contributed by atoms with Crippen molar-refractivity contribution in [1.29, 1.82) is 0 Å². The van der Waals surface area contributed by atoms with Crippen LogP contribution in [-0.2, 0) is 14.3 Å². The van der Waals surface area contributed by atoms with Crippen molar-refractivity contribution in [2.45, 2.75) is 25.8 Å². The lowest BCUT2D eigenvalue weighted by Gasteiger charge is -2.23. The van der Waals surface area contributed by atoms with E-state index < -0.39 is 0 Å². The van der Waals surface area contributed by atoms with Crippen LogP contribution >= 0.6 is 0 Å². The third kappa shape index (κ3) is 5.17. The van der Waals surface area contributed by atoms with Crippen LogP contribution in [0.3, 0.4) is 0 Å². The molecule has 1 aliphatic rings. The van der Waals surface area contributed by atoms with Crippen molar-refractivity contribution in [3.05, 3.63) is 24.3 Å². The van der Waals surface area contributed by atoms with Gasteiger partial charge in [0, 0.05) is 36.8 Å². The highest BCUT2D eigenvalue weighted by Crippen LogP contribution is 2.14. The van der Waals surface area contributed by atoms with Gasteiger partial charge in [0.1, 0.15) is 0 Å². The highest BCUT2D eigenvalue weighted by molar-refractivity contribution is 5.93. The largest absolute Gasteiger partial charge is 0.378 e. The summed E-state index contributed by atoms with van der Waals surface area (Å²) in [7, 11) is 0. The molecule has 0 radical (unpaired) electrons. The van der Waals surface area contributed by atoms with E-state index in [-0.39, 0.29) is 17.9 Å². The molecule has 0 aromatic heterocycles. The van der Waals surface area contributed by atoms with Crippen LogP contribution in [0.25, 0.3) is 0 Å². The Kier molecular flexibility index (Phi) is 5.71. The van der Waals surface area contributed by atoms with Crippen molar-refractivity contribution < 1.29 is 14.3 Å². The molecule has 6 heteroatoms. The fourth-order valence-electron chi connectivity index (χ4n) is 2.07. The fraction of sp³-hybridized carbons (Fsp3) is 0.467. The van der Waals surface area contributed by atoms with Gasteiger partial charge in [-0.3, -0.25) is 9.59 Å². The average Bonchev–Trinajstić information content (AvgIpc) is 2.50. The molecule has 0 saturated carbocycles. The molecule has 1 aliphatic heterocycles. The molecule has 1 aromatic carbocycles. The normalized spacial score (nSPS) is 18.0. The summed E-state index contributed by atoms with van der Waals surface area (Å²) in [6.07, 6.45) is 0.823. The van der Waals surface area contributed by atoms with E-state index in [9.17, 15) is 9.59 Å². The van der Waals surface area contributed by atoms with Gasteiger partial charge in [0.15, 0.2) is 0 Å². The van der Waals surface area contributed by atoms with Gasteiger partial charge < -0.3 is 20.7 Å². The maximum Gasteiger partial charge on any atom is 0.226 e. The van der Waals surface area contributed by atoms with Gasteiger partial charge in [0.25, 0.3) is 0 Å². The number of nitrogens with one attached hydrogen (secondary N) is 3. The third-order valence-electron chi connectivity index (χ3n) is 3.20. The minimum Gasteiger partial charge on any atom is -0.378 e. The van der Waals surface area contributed by atoms with Crippen molar-refractivity contribution in [2.24, 2.45) is 0 Å². The number of rotatable bonds is 5. The number of ether oxygens (including phenoxy) is 1. The zero-order chi connectivity index (χ0) is 15.1. The minimum atomic E-state index is -0.0525. The summed E-state index contributed by atoms with van der Waals surface area (Å²) in [6.45, 7) is 3.84. The smallest absolute Gasteiger partial charge is 0.226 e. The number of hydrogen-bond acceptors (Lipinski definition) is 4. The Labute approximate surface area is 124 Å². The first-order valence-electron chi connectivity index (χ1n) is 7.18. The monoisotopic (exact) mass is 291 g/mol. The molecule has 1 heterocycles. The molecule has 0 spiro atoms. The number of anilines is 2. The highest BCUT2D eigenvalue weighted by Gasteiger charge is 2.16. The van der Waals surface area contributed by atoms with E-state index in [2.05, 4.69) is 16.0 Å². The Morgan fingerprint density at radius 2 is 1.81 bits per heavy atom. The molecule has 0 aliphatic carbocycles. The summed E-state index contributed by atoms with van der Waals surface area (Å²) in [5.41, 5.74) is 1.44. The first kappa shape index (κ1) is 15.5. The van der Waals surface area contributed by atoms with Gasteiger partial charge in [-0.15, -0.1) is 0 Å². The second kappa shape index (κ2) is 7.75. The molecule has 1 fully saturated rings. The topological polar surface area (TPSA) is 79.5 Å². The Hall–Kier alpha value is -1.92. The maximum atomic E-state index is 11.9. The standard InChI is InChI=1S/C15H21N3O3/c1-2-14(19)17-11-3-5-12(6-4-11)18-15(20)9-13-10-21-8-7-16-13/h3-6,13,16H,2,7-10H2,1H3,(H,17,19)(H,18,20). The first-order chi connectivity index (χ1) is 10.2. The lowest BCUT2D eigenvalue weighted by atomic mass is 10.2. The number of carbonyl (C=O) groups excluding carboxylic acids is 2. The zero-order valence-corrected chi connectivity index (χ0v) is 12.1. The van der Waals surface area contributed by atoms with Crippen LogP contribution < -0.4 is 16.0 Å². The van der Waals surface area contributed by atoms with Gasteiger partial charge in [0.05, 0.1) is 13.2 Å². The van der Waals surface area contributed by atoms with Crippen molar-refractivity contribution in [3.63, 3.8) is 0 Å². The van der Waals surface area contributed by atoms with Crippen molar-refractivity contribution in [2.75, 3.05) is 30.4 Å². The maximum absolute atomic E-state index is 11.9. The highest BCUT2D eigenvalue weighted by atomic mass is 16.5. The van der Waals surface area contributed by atoms with Gasteiger partial charge >= 0.3 is 0 Å². The summed E-state index contributed by atoms with van der Waals surface area (Å²) < 4.78 is 5.31. The number of hydrogen-bond donors (Lipinski definition) is 3. The van der Waals surface area contributed by atoms with Crippen LogP contribution in [0.15, 0.2) is 24.3 Å². The minimum absolute atomic E-state index is 0.0323. The quantitative estimate of drug-likeness (QED) is 0.765. The van der Waals surface area contributed by atoms with Gasteiger partial charge in [0.2, 0.25) is 11.8 Å². The zero-order valence-electron chi connectivity index (χ0n) is 12.1. The number of benzene rings is 1. The van der Waals surface area contributed by atoms with Gasteiger partial charge in [-0.25, -0.2) is 0 Å². The van der Waals surface area contributed by atoms with Crippen molar-refractivity contribution in [1.82, 2.24) is 5.32 Å². The molecular formula is C15H21N3O3. The predicted molar refractivity (Wildman–Crippen MR) is 81.2 cm³/mol. The predicted octanol–water partition coefficient (Wildman–Crippen LogP) is 1.35. The first-order valence-corrected chi connectivity index (χ1v) is 7.18. The molecule has 1 unspecified atom stereocenters. The summed E-state index contributed by atoms with van der Waals surface area (Å²) in [6, 6.07) is 7.15. The average molecular weight is 291 g/mol. The molecule has 1 saturated heterocycles. The number of amides is 2. The lowest BCUT2D eigenvalue weighted by molar-refractivity contribution is -0.117. The Morgan fingerprint density at radius 1 is 1.19 bits per heavy atom. The molecular weight excluding hydrogens is 270 g/mol. The van der Waals surface area contributed by atoms with E-state index >= 15 is 0 Å². The molecule has 6 nitrogen and oxygen atoms in total. The second-order valence-electron chi connectivity index (χ2n) is 4.96. The Bertz CT molecular complexity index is 481. The fourth-order valence-corrected chi connectivity index (χ4v) is 2.07. The van der Waals surface area contributed by atoms with Crippen LogP contribution in [-0.4, -0.2) is 37.6 Å². The van der Waals surface area contributed by atoms with E-state index in [1.165, 1.54) is 0 Å². The van der Waals surface area contributed by atoms with Gasteiger partial charge in [-0.05, 0) is 24.3 Å². The molecule has 114 valence electrons.